The van der Waals surface area contributed by atoms with E-state index < -0.39 is 8.07 Å². The van der Waals surface area contributed by atoms with Crippen molar-refractivity contribution in [2.75, 3.05) is 14.7 Å². The standard InChI is InChI=1S/C61H44BN3Si/c1-66(48-31-15-6-16-32-48)57-39-21-37-53-60(57)62-59-55(64(53)51-35-19-17-33-49(51)43-23-7-2-8-24-43)41-47(63(45-27-11-4-12-28-45)46-29-13-5-14-30-46)42-56(59)65(54-38-22-40-58(66)61(54)62)52-36-20-18-34-50(52)44-25-9-3-10-26-44/h2-42H,1H3. The molecule has 0 radical (unpaired) electrons. The Kier molecular flexibility index (Phi) is 8.87. The average molecular weight is 858 g/mol. The molecule has 0 amide bonds. The Morgan fingerprint density at radius 1 is 0.333 bits per heavy atom. The molecule has 3 nitrogen and oxygen atoms in total. The normalized spacial score (nSPS) is 13.6. The Hall–Kier alpha value is -8.12. The highest BCUT2D eigenvalue weighted by molar-refractivity contribution is 7.21. The Labute approximate surface area is 388 Å². The van der Waals surface area contributed by atoms with Gasteiger partial charge in [-0.05, 0) is 93.4 Å². The van der Waals surface area contributed by atoms with Gasteiger partial charge in [0, 0.05) is 45.3 Å². The van der Waals surface area contributed by atoms with Crippen LogP contribution in [0.1, 0.15) is 0 Å². The number of rotatable bonds is 8. The molecule has 0 atom stereocenters. The second-order valence-electron chi connectivity index (χ2n) is 17.7. The fourth-order valence-electron chi connectivity index (χ4n) is 11.5. The van der Waals surface area contributed by atoms with Crippen LogP contribution in [-0.2, 0) is 0 Å². The molecule has 0 aliphatic carbocycles. The maximum atomic E-state index is 2.62. The highest BCUT2D eigenvalue weighted by Crippen LogP contribution is 2.51. The van der Waals surface area contributed by atoms with E-state index in [1.807, 2.05) is 0 Å². The molecule has 0 unspecified atom stereocenters. The van der Waals surface area contributed by atoms with E-state index in [-0.39, 0.29) is 6.71 Å². The molecule has 5 heteroatoms. The third-order valence-corrected chi connectivity index (χ3v) is 18.8. The van der Waals surface area contributed by atoms with Gasteiger partial charge in [0.25, 0.3) is 6.71 Å². The van der Waals surface area contributed by atoms with E-state index in [0.29, 0.717) is 0 Å². The second kappa shape index (κ2) is 15.3. The van der Waals surface area contributed by atoms with Crippen LogP contribution in [0.3, 0.4) is 0 Å². The molecule has 310 valence electrons. The van der Waals surface area contributed by atoms with Gasteiger partial charge in [0.15, 0.2) is 0 Å². The van der Waals surface area contributed by atoms with E-state index >= 15 is 0 Å². The lowest BCUT2D eigenvalue weighted by atomic mass is 9.33. The molecule has 66 heavy (non-hydrogen) atoms. The molecule has 10 aromatic carbocycles. The molecular weight excluding hydrogens is 814 g/mol. The molecule has 10 aromatic rings. The lowest BCUT2D eigenvalue weighted by molar-refractivity contribution is 1.23. The van der Waals surface area contributed by atoms with Gasteiger partial charge in [0.05, 0.1) is 17.1 Å². The minimum Gasteiger partial charge on any atom is -0.311 e. The number of anilines is 9. The summed E-state index contributed by atoms with van der Waals surface area (Å²) in [6.45, 7) is 2.60. The van der Waals surface area contributed by atoms with Crippen LogP contribution < -0.4 is 46.6 Å². The molecule has 0 fully saturated rings. The first kappa shape index (κ1) is 38.3. The fourth-order valence-corrected chi connectivity index (χ4v) is 15.7. The van der Waals surface area contributed by atoms with Crippen LogP contribution in [0.2, 0.25) is 6.55 Å². The zero-order chi connectivity index (χ0) is 43.8. The molecule has 0 N–H and O–H groups in total. The summed E-state index contributed by atoms with van der Waals surface area (Å²) < 4.78 is 0. The maximum Gasteiger partial charge on any atom is 0.251 e. The van der Waals surface area contributed by atoms with E-state index in [1.54, 1.807) is 0 Å². The minimum atomic E-state index is -2.63. The highest BCUT2D eigenvalue weighted by atomic mass is 28.3. The van der Waals surface area contributed by atoms with Crippen LogP contribution in [0, 0.1) is 0 Å². The van der Waals surface area contributed by atoms with Crippen LogP contribution in [0.25, 0.3) is 22.3 Å². The number of hydrogen-bond acceptors (Lipinski definition) is 3. The molecule has 0 spiro atoms. The van der Waals surface area contributed by atoms with Gasteiger partial charge in [-0.25, -0.2) is 0 Å². The third kappa shape index (κ3) is 5.70. The van der Waals surface area contributed by atoms with Crippen molar-refractivity contribution >= 4 is 97.9 Å². The van der Waals surface area contributed by atoms with Crippen molar-refractivity contribution in [1.29, 1.82) is 0 Å². The first-order chi connectivity index (χ1) is 32.7. The Morgan fingerprint density at radius 2 is 0.712 bits per heavy atom. The Bertz CT molecular complexity index is 3250. The van der Waals surface area contributed by atoms with Crippen LogP contribution >= 0.6 is 0 Å². The van der Waals surface area contributed by atoms with Gasteiger partial charge < -0.3 is 14.7 Å². The van der Waals surface area contributed by atoms with Crippen LogP contribution in [0.4, 0.5) is 51.2 Å². The van der Waals surface area contributed by atoms with Crippen LogP contribution in [0.5, 0.6) is 0 Å². The summed E-state index contributed by atoms with van der Waals surface area (Å²) >= 11 is 0. The average Bonchev–Trinajstić information content (AvgIpc) is 3.39. The lowest BCUT2D eigenvalue weighted by Crippen LogP contribution is -2.83. The van der Waals surface area contributed by atoms with E-state index in [9.17, 15) is 0 Å². The van der Waals surface area contributed by atoms with Crippen molar-refractivity contribution in [1.82, 2.24) is 0 Å². The van der Waals surface area contributed by atoms with Gasteiger partial charge in [-0.2, -0.15) is 0 Å². The van der Waals surface area contributed by atoms with Gasteiger partial charge >= 0.3 is 0 Å². The van der Waals surface area contributed by atoms with E-state index in [2.05, 4.69) is 270 Å². The smallest absolute Gasteiger partial charge is 0.251 e. The van der Waals surface area contributed by atoms with Crippen molar-refractivity contribution in [2.24, 2.45) is 0 Å². The third-order valence-electron chi connectivity index (χ3n) is 14.3. The number of hydrogen-bond donors (Lipinski definition) is 0. The minimum absolute atomic E-state index is 0.00733. The van der Waals surface area contributed by atoms with E-state index in [4.69, 9.17) is 0 Å². The first-order valence-electron chi connectivity index (χ1n) is 23.0. The zero-order valence-corrected chi connectivity index (χ0v) is 37.6. The van der Waals surface area contributed by atoms with Gasteiger partial charge in [-0.1, -0.05) is 205 Å². The summed E-state index contributed by atoms with van der Waals surface area (Å²) in [6.07, 6.45) is 0. The number of benzene rings is 10. The van der Waals surface area contributed by atoms with Crippen molar-refractivity contribution in [3.05, 3.63) is 249 Å². The fraction of sp³-hybridized carbons (Fsp3) is 0.0164. The molecule has 13 rings (SSSR count). The SMILES string of the molecule is C[Si]1(c2ccccc2)c2cccc3c2B2c4c(cc(N(c5ccccc5)c5ccccc5)cc4N(c4ccccc4-c4ccccc4)c4cccc1c42)N3c1ccccc1-c1ccccc1. The summed E-state index contributed by atoms with van der Waals surface area (Å²) in [6, 6.07) is 92.2. The molecular formula is C61H44BN3Si. The summed E-state index contributed by atoms with van der Waals surface area (Å²) in [5.41, 5.74) is 19.4. The van der Waals surface area contributed by atoms with Gasteiger partial charge in [0.2, 0.25) is 0 Å². The topological polar surface area (TPSA) is 9.72 Å². The molecule has 3 heterocycles. The summed E-state index contributed by atoms with van der Waals surface area (Å²) in [5, 5.41) is 4.39. The molecule has 0 aromatic heterocycles. The Morgan fingerprint density at radius 3 is 1.17 bits per heavy atom. The molecule has 3 aliphatic rings. The first-order valence-corrected chi connectivity index (χ1v) is 25.5. The van der Waals surface area contributed by atoms with E-state index in [0.717, 1.165) is 28.4 Å². The second-order valence-corrected chi connectivity index (χ2v) is 21.6. The van der Waals surface area contributed by atoms with Gasteiger partial charge in [0.1, 0.15) is 8.07 Å². The maximum absolute atomic E-state index is 2.63. The van der Waals surface area contributed by atoms with Gasteiger partial charge in [-0.15, -0.1) is 0 Å². The van der Waals surface area contributed by atoms with E-state index in [1.165, 1.54) is 77.0 Å². The Balaban J connectivity index is 1.21. The van der Waals surface area contributed by atoms with Crippen molar-refractivity contribution in [3.63, 3.8) is 0 Å². The summed E-state index contributed by atoms with van der Waals surface area (Å²) in [7, 11) is -2.63. The molecule has 3 aliphatic heterocycles. The predicted molar refractivity (Wildman–Crippen MR) is 283 cm³/mol. The van der Waals surface area contributed by atoms with Crippen molar-refractivity contribution < 1.29 is 0 Å². The zero-order valence-electron chi connectivity index (χ0n) is 36.6. The van der Waals surface area contributed by atoms with Gasteiger partial charge in [-0.3, -0.25) is 0 Å². The number of nitrogens with zero attached hydrogens (tertiary/aromatic N) is 3. The monoisotopic (exact) mass is 857 g/mol. The van der Waals surface area contributed by atoms with Crippen LogP contribution in [0.15, 0.2) is 249 Å². The number of para-hydroxylation sites is 4. The van der Waals surface area contributed by atoms with Crippen LogP contribution in [-0.4, -0.2) is 14.8 Å². The van der Waals surface area contributed by atoms with Crippen molar-refractivity contribution in [3.8, 4) is 22.3 Å². The highest BCUT2D eigenvalue weighted by Gasteiger charge is 2.54. The predicted octanol–water partition coefficient (Wildman–Crippen LogP) is 12.0. The molecule has 0 saturated heterocycles. The summed E-state index contributed by atoms with van der Waals surface area (Å²) in [5.74, 6) is 0. The largest absolute Gasteiger partial charge is 0.311 e. The van der Waals surface area contributed by atoms with Crippen molar-refractivity contribution in [2.45, 2.75) is 6.55 Å². The summed E-state index contributed by atoms with van der Waals surface area (Å²) in [4.78, 5) is 7.67. The molecule has 0 saturated carbocycles. The molecule has 0 bridgehead atoms. The lowest BCUT2D eigenvalue weighted by Gasteiger charge is -2.51. The quantitative estimate of drug-likeness (QED) is 0.141.